The third kappa shape index (κ3) is 4.97. The van der Waals surface area contributed by atoms with Gasteiger partial charge >= 0.3 is 6.03 Å². The first-order valence-corrected chi connectivity index (χ1v) is 10.5. The number of rotatable bonds is 5. The van der Waals surface area contributed by atoms with Gasteiger partial charge in [0.1, 0.15) is 5.54 Å². The van der Waals surface area contributed by atoms with Crippen molar-refractivity contribution in [3.8, 4) is 0 Å². The molecule has 0 bridgehead atoms. The molecule has 0 saturated carbocycles. The zero-order chi connectivity index (χ0) is 19.4. The van der Waals surface area contributed by atoms with Crippen LogP contribution in [0.3, 0.4) is 0 Å². The maximum atomic E-state index is 12.2. The molecular formula is C19H30IN5O2S. The molecule has 1 aromatic heterocycles. The maximum absolute atomic E-state index is 12.2. The van der Waals surface area contributed by atoms with Crippen LogP contribution in [0.15, 0.2) is 17.1 Å². The number of aliphatic imine (C=N–C) groups is 1. The molecule has 3 amide bonds. The van der Waals surface area contributed by atoms with Crippen molar-refractivity contribution in [2.24, 2.45) is 10.9 Å². The summed E-state index contributed by atoms with van der Waals surface area (Å²) < 4.78 is 0. The lowest BCUT2D eigenvalue weighted by atomic mass is 9.79. The van der Waals surface area contributed by atoms with Crippen LogP contribution in [0.4, 0.5) is 4.79 Å². The van der Waals surface area contributed by atoms with Crippen molar-refractivity contribution in [3.63, 3.8) is 0 Å². The van der Waals surface area contributed by atoms with Crippen LogP contribution in [0.2, 0.25) is 0 Å². The molecular weight excluding hydrogens is 489 g/mol. The summed E-state index contributed by atoms with van der Waals surface area (Å²) in [6, 6.07) is 3.95. The fraction of sp³-hybridized carbons (Fsp3) is 0.632. The monoisotopic (exact) mass is 519 g/mol. The van der Waals surface area contributed by atoms with Crippen LogP contribution in [0.1, 0.15) is 43.4 Å². The molecule has 1 aromatic rings. The van der Waals surface area contributed by atoms with Crippen molar-refractivity contribution in [1.29, 1.82) is 0 Å². The van der Waals surface area contributed by atoms with Crippen LogP contribution >= 0.6 is 35.3 Å². The number of amides is 3. The Labute approximate surface area is 187 Å². The summed E-state index contributed by atoms with van der Waals surface area (Å²) in [4.78, 5) is 33.4. The number of nitrogens with zero attached hydrogens (tertiary/aromatic N) is 2. The molecule has 0 aromatic carbocycles. The largest absolute Gasteiger partial charge is 0.357 e. The average Bonchev–Trinajstić information content (AvgIpc) is 3.23. The van der Waals surface area contributed by atoms with E-state index in [0.717, 1.165) is 44.9 Å². The molecule has 2 aliphatic heterocycles. The number of halogens is 1. The SMILES string of the molecule is CCNC(=NCc1ccc(CC)s1)N1CCC(C2(C)NC(=O)NC2=O)CC1.I. The van der Waals surface area contributed by atoms with E-state index in [0.29, 0.717) is 6.54 Å². The zero-order valence-electron chi connectivity index (χ0n) is 16.7. The van der Waals surface area contributed by atoms with Gasteiger partial charge in [-0.05, 0) is 51.2 Å². The normalized spacial score (nSPS) is 23.2. The van der Waals surface area contributed by atoms with Gasteiger partial charge < -0.3 is 15.5 Å². The quantitative estimate of drug-likeness (QED) is 0.242. The van der Waals surface area contributed by atoms with Crippen molar-refractivity contribution in [2.75, 3.05) is 19.6 Å². The van der Waals surface area contributed by atoms with E-state index in [9.17, 15) is 9.59 Å². The molecule has 2 aliphatic rings. The van der Waals surface area contributed by atoms with E-state index < -0.39 is 5.54 Å². The fourth-order valence-corrected chi connectivity index (χ4v) is 4.67. The molecule has 0 radical (unpaired) electrons. The predicted octanol–water partition coefficient (Wildman–Crippen LogP) is 2.70. The second-order valence-electron chi connectivity index (χ2n) is 7.26. The van der Waals surface area contributed by atoms with E-state index in [2.05, 4.69) is 46.8 Å². The van der Waals surface area contributed by atoms with E-state index in [4.69, 9.17) is 4.99 Å². The molecule has 1 atom stereocenters. The highest BCUT2D eigenvalue weighted by Crippen LogP contribution is 2.30. The van der Waals surface area contributed by atoms with Crippen molar-refractivity contribution < 1.29 is 9.59 Å². The minimum absolute atomic E-state index is 0. The van der Waals surface area contributed by atoms with Gasteiger partial charge in [-0.15, -0.1) is 35.3 Å². The summed E-state index contributed by atoms with van der Waals surface area (Å²) >= 11 is 1.82. The predicted molar refractivity (Wildman–Crippen MR) is 123 cm³/mol. The lowest BCUT2D eigenvalue weighted by molar-refractivity contribution is -0.125. The van der Waals surface area contributed by atoms with Gasteiger partial charge in [-0.1, -0.05) is 6.92 Å². The lowest BCUT2D eigenvalue weighted by Crippen LogP contribution is -2.55. The molecule has 0 aliphatic carbocycles. The second-order valence-corrected chi connectivity index (χ2v) is 8.52. The van der Waals surface area contributed by atoms with Gasteiger partial charge in [-0.25, -0.2) is 9.79 Å². The van der Waals surface area contributed by atoms with Crippen molar-refractivity contribution in [2.45, 2.75) is 52.1 Å². The van der Waals surface area contributed by atoms with Crippen LogP contribution in [0.25, 0.3) is 0 Å². The van der Waals surface area contributed by atoms with Gasteiger partial charge in [0, 0.05) is 29.4 Å². The van der Waals surface area contributed by atoms with Gasteiger partial charge in [0.05, 0.1) is 6.54 Å². The van der Waals surface area contributed by atoms with Gasteiger partial charge in [0.25, 0.3) is 5.91 Å². The molecule has 156 valence electrons. The Kier molecular flexibility index (Phi) is 8.11. The van der Waals surface area contributed by atoms with Crippen LogP contribution in [0, 0.1) is 5.92 Å². The minimum Gasteiger partial charge on any atom is -0.357 e. The summed E-state index contributed by atoms with van der Waals surface area (Å²) in [7, 11) is 0. The average molecular weight is 519 g/mol. The minimum atomic E-state index is -0.799. The molecule has 2 saturated heterocycles. The Hall–Kier alpha value is -1.36. The molecule has 9 heteroatoms. The second kappa shape index (κ2) is 9.91. The number of hydrogen-bond donors (Lipinski definition) is 3. The maximum Gasteiger partial charge on any atom is 0.322 e. The van der Waals surface area contributed by atoms with Crippen LogP contribution in [-0.2, 0) is 17.8 Å². The number of carbonyl (C=O) groups is 2. The Morgan fingerprint density at radius 3 is 2.50 bits per heavy atom. The first kappa shape index (κ1) is 22.9. The number of nitrogens with one attached hydrogen (secondary N) is 3. The van der Waals surface area contributed by atoms with Crippen LogP contribution in [0.5, 0.6) is 0 Å². The van der Waals surface area contributed by atoms with Crippen LogP contribution < -0.4 is 16.0 Å². The Morgan fingerprint density at radius 1 is 1.29 bits per heavy atom. The number of aryl methyl sites for hydroxylation is 1. The topological polar surface area (TPSA) is 85.8 Å². The van der Waals surface area contributed by atoms with E-state index in [1.807, 2.05) is 18.3 Å². The summed E-state index contributed by atoms with van der Waals surface area (Å²) in [6.45, 7) is 9.21. The van der Waals surface area contributed by atoms with Gasteiger partial charge in [-0.3, -0.25) is 10.1 Å². The summed E-state index contributed by atoms with van der Waals surface area (Å²) in [5.41, 5.74) is -0.799. The number of imide groups is 1. The third-order valence-electron chi connectivity index (χ3n) is 5.47. The first-order valence-electron chi connectivity index (χ1n) is 9.70. The number of piperidine rings is 1. The van der Waals surface area contributed by atoms with Crippen LogP contribution in [-0.4, -0.2) is 48.0 Å². The van der Waals surface area contributed by atoms with E-state index in [1.54, 1.807) is 0 Å². The number of guanidine groups is 1. The summed E-state index contributed by atoms with van der Waals surface area (Å²) in [5.74, 6) is 0.843. The highest BCUT2D eigenvalue weighted by atomic mass is 127. The molecule has 1 unspecified atom stereocenters. The van der Waals surface area contributed by atoms with E-state index >= 15 is 0 Å². The van der Waals surface area contributed by atoms with Crippen molar-refractivity contribution >= 4 is 53.2 Å². The molecule has 7 nitrogen and oxygen atoms in total. The summed E-state index contributed by atoms with van der Waals surface area (Å²) in [5, 5.41) is 8.56. The highest BCUT2D eigenvalue weighted by molar-refractivity contribution is 14.0. The number of thiophene rings is 1. The van der Waals surface area contributed by atoms with Gasteiger partial charge in [0.15, 0.2) is 5.96 Å². The Bertz CT molecular complexity index is 730. The molecule has 3 N–H and O–H groups in total. The van der Waals surface area contributed by atoms with E-state index in [-0.39, 0.29) is 41.8 Å². The summed E-state index contributed by atoms with van der Waals surface area (Å²) in [6.07, 6.45) is 2.74. The first-order chi connectivity index (χ1) is 13.0. The van der Waals surface area contributed by atoms with Crippen molar-refractivity contribution in [1.82, 2.24) is 20.9 Å². The van der Waals surface area contributed by atoms with Gasteiger partial charge in [0.2, 0.25) is 0 Å². The zero-order valence-corrected chi connectivity index (χ0v) is 19.9. The Balaban J connectivity index is 0.00000280. The number of urea groups is 1. The number of hydrogen-bond acceptors (Lipinski definition) is 4. The highest BCUT2D eigenvalue weighted by Gasteiger charge is 2.48. The molecule has 28 heavy (non-hydrogen) atoms. The molecule has 3 heterocycles. The number of likely N-dealkylation sites (tertiary alicyclic amines) is 1. The lowest BCUT2D eigenvalue weighted by Gasteiger charge is -2.39. The molecule has 3 rings (SSSR count). The number of carbonyl (C=O) groups excluding carboxylic acids is 2. The fourth-order valence-electron chi connectivity index (χ4n) is 3.79. The Morgan fingerprint density at radius 2 is 1.96 bits per heavy atom. The third-order valence-corrected chi connectivity index (χ3v) is 6.68. The molecule has 0 spiro atoms. The molecule has 2 fully saturated rings. The standard InChI is InChI=1S/C19H29N5O2S.HI/c1-4-14-6-7-15(27-14)12-21-17(20-5-2)24-10-8-13(9-11-24)19(3)16(25)22-18(26)23-19;/h6-7,13H,4-5,8-12H2,1-3H3,(H,20,21)(H2,22,23,25,26);1H. The smallest absolute Gasteiger partial charge is 0.322 e. The van der Waals surface area contributed by atoms with E-state index in [1.165, 1.54) is 9.75 Å². The van der Waals surface area contributed by atoms with Gasteiger partial charge in [-0.2, -0.15) is 0 Å². The van der Waals surface area contributed by atoms with Crippen molar-refractivity contribution in [3.05, 3.63) is 21.9 Å².